The van der Waals surface area contributed by atoms with Crippen molar-refractivity contribution in [2.75, 3.05) is 6.79 Å². The van der Waals surface area contributed by atoms with Gasteiger partial charge in [0.2, 0.25) is 6.79 Å². The number of carbonyl (C=O) groups is 2. The van der Waals surface area contributed by atoms with Gasteiger partial charge in [-0.05, 0) is 6.07 Å². The van der Waals surface area contributed by atoms with Gasteiger partial charge in [-0.15, -0.1) is 0 Å². The molecule has 0 saturated carbocycles. The van der Waals surface area contributed by atoms with Gasteiger partial charge in [-0.25, -0.2) is 9.18 Å². The third-order valence-corrected chi connectivity index (χ3v) is 2.32. The number of carboxylic acid groups (broad SMARTS) is 1. The van der Waals surface area contributed by atoms with Crippen molar-refractivity contribution in [2.24, 2.45) is 0 Å². The van der Waals surface area contributed by atoms with Crippen molar-refractivity contribution in [1.29, 1.82) is 0 Å². The number of aliphatic carboxylic acids is 1. The second kappa shape index (κ2) is 3.64. The molecule has 1 N–H and O–H groups in total. The van der Waals surface area contributed by atoms with Gasteiger partial charge in [0.15, 0.2) is 17.3 Å². The maximum Gasteiger partial charge on any atom is 0.377 e. The molecule has 1 aromatic carbocycles. The van der Waals surface area contributed by atoms with Gasteiger partial charge < -0.3 is 14.6 Å². The quantitative estimate of drug-likeness (QED) is 0.632. The van der Waals surface area contributed by atoms with Crippen LogP contribution >= 0.6 is 11.6 Å². The summed E-state index contributed by atoms with van der Waals surface area (Å²) in [6, 6.07) is 0.958. The number of benzene rings is 1. The van der Waals surface area contributed by atoms with E-state index in [0.717, 1.165) is 6.07 Å². The smallest absolute Gasteiger partial charge is 0.377 e. The van der Waals surface area contributed by atoms with E-state index in [1.165, 1.54) is 0 Å². The average Bonchev–Trinajstić information content (AvgIpc) is 2.70. The molecule has 0 aliphatic carbocycles. The van der Waals surface area contributed by atoms with E-state index in [2.05, 4.69) is 0 Å². The lowest BCUT2D eigenvalue weighted by Crippen LogP contribution is -2.14. The fraction of sp³-hybridized carbons (Fsp3) is 0.111. The topological polar surface area (TPSA) is 72.8 Å². The minimum absolute atomic E-state index is 0.0268. The van der Waals surface area contributed by atoms with Crippen LogP contribution < -0.4 is 9.47 Å². The molecule has 0 fully saturated rings. The van der Waals surface area contributed by atoms with Gasteiger partial charge in [-0.3, -0.25) is 4.79 Å². The van der Waals surface area contributed by atoms with Gasteiger partial charge in [0, 0.05) is 0 Å². The van der Waals surface area contributed by atoms with Crippen LogP contribution in [0.5, 0.6) is 11.5 Å². The van der Waals surface area contributed by atoms with Gasteiger partial charge in [0.05, 0.1) is 5.56 Å². The third-order valence-electron chi connectivity index (χ3n) is 1.98. The number of ketones is 1. The monoisotopic (exact) mass is 246 g/mol. The van der Waals surface area contributed by atoms with Crippen molar-refractivity contribution in [3.63, 3.8) is 0 Å². The Morgan fingerprint density at radius 1 is 1.44 bits per heavy atom. The number of halogens is 2. The van der Waals surface area contributed by atoms with Crippen LogP contribution in [0.3, 0.4) is 0 Å². The zero-order valence-electron chi connectivity index (χ0n) is 7.62. The second-order valence-corrected chi connectivity index (χ2v) is 3.30. The molecule has 1 aliphatic rings. The van der Waals surface area contributed by atoms with E-state index in [1.807, 2.05) is 0 Å². The number of Topliss-reactive ketones (excluding diaryl/α,β-unsaturated/α-hetero) is 1. The Hall–Kier alpha value is -1.82. The summed E-state index contributed by atoms with van der Waals surface area (Å²) in [6.07, 6.45) is 0. The molecule has 0 atom stereocenters. The van der Waals surface area contributed by atoms with E-state index in [9.17, 15) is 14.0 Å². The van der Waals surface area contributed by atoms with Crippen LogP contribution in [-0.4, -0.2) is 23.7 Å². The van der Waals surface area contributed by atoms with Crippen LogP contribution in [0.4, 0.5) is 4.39 Å². The first kappa shape index (κ1) is 10.7. The van der Waals surface area contributed by atoms with Crippen molar-refractivity contribution >= 4 is 23.4 Å². The SMILES string of the molecule is O=C(O)C(=O)c1cc2c(c(Cl)c1F)OCO2. The van der Waals surface area contributed by atoms with Crippen molar-refractivity contribution in [3.8, 4) is 11.5 Å². The fourth-order valence-corrected chi connectivity index (χ4v) is 1.51. The Balaban J connectivity index is 2.60. The minimum Gasteiger partial charge on any atom is -0.475 e. The lowest BCUT2D eigenvalue weighted by molar-refractivity contribution is -0.131. The molecule has 0 unspecified atom stereocenters. The van der Waals surface area contributed by atoms with Gasteiger partial charge in [-0.2, -0.15) is 0 Å². The molecular weight excluding hydrogens is 243 g/mol. The molecule has 1 heterocycles. The van der Waals surface area contributed by atoms with Crippen LogP contribution in [-0.2, 0) is 4.79 Å². The molecule has 84 valence electrons. The van der Waals surface area contributed by atoms with Crippen molar-refractivity contribution in [1.82, 2.24) is 0 Å². The average molecular weight is 247 g/mol. The first-order valence-electron chi connectivity index (χ1n) is 4.07. The molecule has 0 amide bonds. The summed E-state index contributed by atoms with van der Waals surface area (Å²) in [4.78, 5) is 21.6. The van der Waals surface area contributed by atoms with E-state index < -0.39 is 28.2 Å². The number of hydrogen-bond donors (Lipinski definition) is 1. The third kappa shape index (κ3) is 1.47. The van der Waals surface area contributed by atoms with E-state index in [1.54, 1.807) is 0 Å². The van der Waals surface area contributed by atoms with Gasteiger partial charge in [0.25, 0.3) is 5.78 Å². The number of rotatable bonds is 2. The highest BCUT2D eigenvalue weighted by molar-refractivity contribution is 6.41. The van der Waals surface area contributed by atoms with E-state index in [4.69, 9.17) is 26.2 Å². The van der Waals surface area contributed by atoms with Gasteiger partial charge >= 0.3 is 5.97 Å². The molecule has 5 nitrogen and oxygen atoms in total. The summed E-state index contributed by atoms with van der Waals surface area (Å²) >= 11 is 5.57. The fourth-order valence-electron chi connectivity index (χ4n) is 1.26. The summed E-state index contributed by atoms with van der Waals surface area (Å²) < 4.78 is 23.3. The van der Waals surface area contributed by atoms with Crippen LogP contribution in [0.15, 0.2) is 6.07 Å². The first-order chi connectivity index (χ1) is 7.52. The molecule has 2 rings (SSSR count). The molecular formula is C9H4ClFO5. The summed E-state index contributed by atoms with van der Waals surface area (Å²) in [5, 5.41) is 8.01. The van der Waals surface area contributed by atoms with Crippen LogP contribution in [0.25, 0.3) is 0 Å². The first-order valence-corrected chi connectivity index (χ1v) is 4.45. The molecule has 0 aromatic heterocycles. The zero-order chi connectivity index (χ0) is 11.9. The lowest BCUT2D eigenvalue weighted by Gasteiger charge is -2.04. The number of fused-ring (bicyclic) bond motifs is 1. The maximum atomic E-state index is 13.5. The van der Waals surface area contributed by atoms with Crippen molar-refractivity contribution < 1.29 is 28.6 Å². The molecule has 0 saturated heterocycles. The highest BCUT2D eigenvalue weighted by Crippen LogP contribution is 2.41. The van der Waals surface area contributed by atoms with Crippen molar-refractivity contribution in [3.05, 3.63) is 22.5 Å². The standard InChI is InChI=1S/C9H4ClFO5/c10-5-6(11)3(7(12)9(13)14)1-4-8(5)16-2-15-4/h1H,2H2,(H,13,14). The molecule has 1 aliphatic heterocycles. The van der Waals surface area contributed by atoms with E-state index in [0.29, 0.717) is 0 Å². The highest BCUT2D eigenvalue weighted by atomic mass is 35.5. The summed E-state index contributed by atoms with van der Waals surface area (Å²) in [5.41, 5.74) is -0.651. The maximum absolute atomic E-state index is 13.5. The Labute approximate surface area is 93.3 Å². The zero-order valence-corrected chi connectivity index (χ0v) is 8.38. The summed E-state index contributed by atoms with van der Waals surface area (Å²) in [5.74, 6) is -4.26. The van der Waals surface area contributed by atoms with Crippen LogP contribution in [0, 0.1) is 5.82 Å². The normalized spacial score (nSPS) is 12.6. The van der Waals surface area contributed by atoms with E-state index >= 15 is 0 Å². The highest BCUT2D eigenvalue weighted by Gasteiger charge is 2.28. The van der Waals surface area contributed by atoms with Crippen LogP contribution in [0.1, 0.15) is 10.4 Å². The number of ether oxygens (including phenoxy) is 2. The van der Waals surface area contributed by atoms with Crippen LogP contribution in [0.2, 0.25) is 5.02 Å². The molecule has 0 spiro atoms. The van der Waals surface area contributed by atoms with Gasteiger partial charge in [0.1, 0.15) is 5.02 Å². The molecule has 16 heavy (non-hydrogen) atoms. The largest absolute Gasteiger partial charge is 0.475 e. The lowest BCUT2D eigenvalue weighted by atomic mass is 10.1. The number of carbonyl (C=O) groups excluding carboxylic acids is 1. The molecule has 0 bridgehead atoms. The molecule has 0 radical (unpaired) electrons. The summed E-state index contributed by atoms with van der Waals surface area (Å²) in [7, 11) is 0. The predicted octanol–water partition coefficient (Wildman–Crippen LogP) is 1.48. The Morgan fingerprint density at radius 3 is 2.75 bits per heavy atom. The van der Waals surface area contributed by atoms with E-state index in [-0.39, 0.29) is 18.3 Å². The minimum atomic E-state index is -1.77. The Bertz CT molecular complexity index is 499. The van der Waals surface area contributed by atoms with Gasteiger partial charge in [-0.1, -0.05) is 11.6 Å². The number of hydrogen-bond acceptors (Lipinski definition) is 4. The second-order valence-electron chi connectivity index (χ2n) is 2.92. The molecule has 1 aromatic rings. The number of carboxylic acids is 1. The Morgan fingerprint density at radius 2 is 2.12 bits per heavy atom. The predicted molar refractivity (Wildman–Crippen MR) is 49.5 cm³/mol. The molecule has 7 heteroatoms. The van der Waals surface area contributed by atoms with Crippen molar-refractivity contribution in [2.45, 2.75) is 0 Å². The summed E-state index contributed by atoms with van der Waals surface area (Å²) in [6.45, 7) is -0.154. The Kier molecular flexibility index (Phi) is 2.43.